The van der Waals surface area contributed by atoms with Gasteiger partial charge in [0, 0.05) is 11.5 Å². The van der Waals surface area contributed by atoms with Crippen LogP contribution in [0.25, 0.3) is 0 Å². The van der Waals surface area contributed by atoms with Gasteiger partial charge in [0.05, 0.1) is 5.92 Å². The standard InChI is InChI=1S/C13H17NO3S2/c15-12(14-11(8-19)13(16)17)10(7-18)6-9-4-2-1-3-5-9/h1-5,10-11,18-19H,6-8H2,(H,14,15)(H,16,17)/t10-,11-/m0/s1. The summed E-state index contributed by atoms with van der Waals surface area (Å²) in [5.74, 6) is -1.32. The van der Waals surface area contributed by atoms with Crippen LogP contribution in [0.15, 0.2) is 30.3 Å². The van der Waals surface area contributed by atoms with E-state index < -0.39 is 12.0 Å². The zero-order valence-corrected chi connectivity index (χ0v) is 12.1. The number of nitrogens with one attached hydrogen (secondary N) is 1. The molecule has 0 heterocycles. The highest BCUT2D eigenvalue weighted by atomic mass is 32.1. The van der Waals surface area contributed by atoms with Crippen molar-refractivity contribution in [1.29, 1.82) is 0 Å². The Bertz CT molecular complexity index is 425. The average Bonchev–Trinajstić information content (AvgIpc) is 2.42. The van der Waals surface area contributed by atoms with E-state index >= 15 is 0 Å². The van der Waals surface area contributed by atoms with Gasteiger partial charge in [-0.15, -0.1) is 0 Å². The molecule has 0 aliphatic heterocycles. The van der Waals surface area contributed by atoms with Gasteiger partial charge < -0.3 is 10.4 Å². The summed E-state index contributed by atoms with van der Waals surface area (Å²) in [6.45, 7) is 0. The zero-order valence-electron chi connectivity index (χ0n) is 10.3. The maximum Gasteiger partial charge on any atom is 0.327 e. The summed E-state index contributed by atoms with van der Waals surface area (Å²) < 4.78 is 0. The molecule has 0 bridgehead atoms. The fraction of sp³-hybridized carbons (Fsp3) is 0.385. The summed E-state index contributed by atoms with van der Waals surface area (Å²) in [6, 6.07) is 8.59. The molecule has 0 aliphatic rings. The van der Waals surface area contributed by atoms with Crippen LogP contribution in [-0.4, -0.2) is 34.5 Å². The highest BCUT2D eigenvalue weighted by molar-refractivity contribution is 7.80. The molecule has 19 heavy (non-hydrogen) atoms. The SMILES string of the molecule is O=C(N[C@@H](CS)C(=O)O)[C@H](CS)Cc1ccccc1. The van der Waals surface area contributed by atoms with Crippen LogP contribution in [0.4, 0.5) is 0 Å². The molecular weight excluding hydrogens is 282 g/mol. The Hall–Kier alpha value is -1.14. The first kappa shape index (κ1) is 15.9. The monoisotopic (exact) mass is 299 g/mol. The molecule has 1 rings (SSSR count). The van der Waals surface area contributed by atoms with Crippen LogP contribution in [0.2, 0.25) is 0 Å². The smallest absolute Gasteiger partial charge is 0.327 e. The van der Waals surface area contributed by atoms with Gasteiger partial charge in [0.15, 0.2) is 0 Å². The molecule has 104 valence electrons. The van der Waals surface area contributed by atoms with Crippen molar-refractivity contribution in [2.45, 2.75) is 12.5 Å². The molecule has 0 radical (unpaired) electrons. The molecule has 2 atom stereocenters. The van der Waals surface area contributed by atoms with Crippen molar-refractivity contribution < 1.29 is 14.7 Å². The molecule has 1 aromatic carbocycles. The van der Waals surface area contributed by atoms with Crippen molar-refractivity contribution in [3.63, 3.8) is 0 Å². The molecule has 0 fully saturated rings. The van der Waals surface area contributed by atoms with Crippen LogP contribution in [0.3, 0.4) is 0 Å². The second-order valence-electron chi connectivity index (χ2n) is 4.15. The third-order valence-electron chi connectivity index (χ3n) is 2.71. The fourth-order valence-electron chi connectivity index (χ4n) is 1.61. The number of carboxylic acids is 1. The summed E-state index contributed by atoms with van der Waals surface area (Å²) in [7, 11) is 0. The summed E-state index contributed by atoms with van der Waals surface area (Å²) in [6.07, 6.45) is 0.537. The number of amides is 1. The van der Waals surface area contributed by atoms with Crippen LogP contribution in [0.5, 0.6) is 0 Å². The van der Waals surface area contributed by atoms with E-state index in [2.05, 4.69) is 30.6 Å². The minimum atomic E-state index is -1.08. The number of carboxylic acid groups (broad SMARTS) is 1. The largest absolute Gasteiger partial charge is 0.480 e. The molecule has 4 nitrogen and oxygen atoms in total. The first-order valence-corrected chi connectivity index (χ1v) is 7.13. The third kappa shape index (κ3) is 5.16. The minimum Gasteiger partial charge on any atom is -0.480 e. The summed E-state index contributed by atoms with van der Waals surface area (Å²) in [4.78, 5) is 22.8. The van der Waals surface area contributed by atoms with Crippen LogP contribution >= 0.6 is 25.3 Å². The summed E-state index contributed by atoms with van der Waals surface area (Å²) >= 11 is 8.07. The Labute approximate surface area is 123 Å². The van der Waals surface area contributed by atoms with E-state index in [1.807, 2.05) is 30.3 Å². The quantitative estimate of drug-likeness (QED) is 0.573. The number of carbonyl (C=O) groups is 2. The van der Waals surface area contributed by atoms with E-state index in [4.69, 9.17) is 5.11 Å². The number of rotatable bonds is 7. The van der Waals surface area contributed by atoms with Gasteiger partial charge in [0.2, 0.25) is 5.91 Å². The molecule has 2 N–H and O–H groups in total. The van der Waals surface area contributed by atoms with Crippen molar-refractivity contribution in [3.8, 4) is 0 Å². The number of benzene rings is 1. The van der Waals surface area contributed by atoms with E-state index in [-0.39, 0.29) is 17.6 Å². The van der Waals surface area contributed by atoms with E-state index in [1.165, 1.54) is 0 Å². The van der Waals surface area contributed by atoms with Crippen LogP contribution in [0, 0.1) is 5.92 Å². The Morgan fingerprint density at radius 1 is 1.16 bits per heavy atom. The fourth-order valence-corrected chi connectivity index (χ4v) is 2.16. The zero-order chi connectivity index (χ0) is 14.3. The van der Waals surface area contributed by atoms with Gasteiger partial charge in [0.25, 0.3) is 0 Å². The van der Waals surface area contributed by atoms with E-state index in [0.717, 1.165) is 5.56 Å². The van der Waals surface area contributed by atoms with Gasteiger partial charge in [-0.05, 0) is 12.0 Å². The van der Waals surface area contributed by atoms with Crippen molar-refractivity contribution in [1.82, 2.24) is 5.32 Å². The van der Waals surface area contributed by atoms with Crippen molar-refractivity contribution in [3.05, 3.63) is 35.9 Å². The van der Waals surface area contributed by atoms with Gasteiger partial charge >= 0.3 is 5.97 Å². The van der Waals surface area contributed by atoms with Crippen LogP contribution in [0.1, 0.15) is 5.56 Å². The minimum absolute atomic E-state index is 0.0612. The van der Waals surface area contributed by atoms with Gasteiger partial charge in [0.1, 0.15) is 6.04 Å². The molecule has 0 unspecified atom stereocenters. The van der Waals surface area contributed by atoms with Crippen molar-refractivity contribution in [2.24, 2.45) is 5.92 Å². The predicted octanol–water partition coefficient (Wildman–Crippen LogP) is 1.27. The number of thiol groups is 2. The average molecular weight is 299 g/mol. The molecule has 0 saturated carbocycles. The first-order chi connectivity index (χ1) is 9.08. The molecule has 0 spiro atoms. The Morgan fingerprint density at radius 2 is 1.79 bits per heavy atom. The van der Waals surface area contributed by atoms with Gasteiger partial charge in [-0.25, -0.2) is 4.79 Å². The molecule has 0 aliphatic carbocycles. The van der Waals surface area contributed by atoms with Gasteiger partial charge in [-0.3, -0.25) is 4.79 Å². The van der Waals surface area contributed by atoms with Crippen LogP contribution < -0.4 is 5.32 Å². The highest BCUT2D eigenvalue weighted by Gasteiger charge is 2.23. The number of carbonyl (C=O) groups excluding carboxylic acids is 1. The Kier molecular flexibility index (Phi) is 6.80. The molecule has 6 heteroatoms. The maximum absolute atomic E-state index is 12.0. The Balaban J connectivity index is 2.64. The van der Waals surface area contributed by atoms with Crippen molar-refractivity contribution >= 4 is 37.1 Å². The Morgan fingerprint density at radius 3 is 2.26 bits per heavy atom. The number of hydrogen-bond donors (Lipinski definition) is 4. The molecular formula is C13H17NO3S2. The van der Waals surface area contributed by atoms with E-state index in [1.54, 1.807) is 0 Å². The van der Waals surface area contributed by atoms with E-state index in [9.17, 15) is 9.59 Å². The predicted molar refractivity (Wildman–Crippen MR) is 80.9 cm³/mol. The molecule has 0 aromatic heterocycles. The normalized spacial score (nSPS) is 13.6. The summed E-state index contributed by atoms with van der Waals surface area (Å²) in [5, 5.41) is 11.4. The first-order valence-electron chi connectivity index (χ1n) is 5.87. The number of hydrogen-bond acceptors (Lipinski definition) is 4. The van der Waals surface area contributed by atoms with E-state index in [0.29, 0.717) is 12.2 Å². The second kappa shape index (κ2) is 8.12. The lowest BCUT2D eigenvalue weighted by Gasteiger charge is -2.18. The van der Waals surface area contributed by atoms with Crippen molar-refractivity contribution in [2.75, 3.05) is 11.5 Å². The molecule has 1 amide bonds. The van der Waals surface area contributed by atoms with Crippen LogP contribution in [-0.2, 0) is 16.0 Å². The lowest BCUT2D eigenvalue weighted by molar-refractivity contribution is -0.141. The number of aliphatic carboxylic acids is 1. The topological polar surface area (TPSA) is 66.4 Å². The molecule has 1 aromatic rings. The summed E-state index contributed by atoms with van der Waals surface area (Å²) in [5.41, 5.74) is 1.02. The van der Waals surface area contributed by atoms with Gasteiger partial charge in [-0.1, -0.05) is 30.3 Å². The third-order valence-corrected chi connectivity index (χ3v) is 3.52. The highest BCUT2D eigenvalue weighted by Crippen LogP contribution is 2.11. The lowest BCUT2D eigenvalue weighted by atomic mass is 10.00. The maximum atomic E-state index is 12.0. The second-order valence-corrected chi connectivity index (χ2v) is 4.88. The van der Waals surface area contributed by atoms with Gasteiger partial charge in [-0.2, -0.15) is 25.3 Å². The lowest BCUT2D eigenvalue weighted by Crippen LogP contribution is -2.45. The molecule has 0 saturated heterocycles.